The van der Waals surface area contributed by atoms with Gasteiger partial charge in [0.15, 0.2) is 0 Å². The predicted molar refractivity (Wildman–Crippen MR) is 198 cm³/mol. The number of rotatable bonds is 15. The molecule has 2 aliphatic rings. The lowest BCUT2D eigenvalue weighted by atomic mass is 9.88. The quantitative estimate of drug-likeness (QED) is 0.146. The Morgan fingerprint density at radius 3 is 2.28 bits per heavy atom. The molecule has 0 saturated carbocycles. The minimum absolute atomic E-state index is 0.0275. The van der Waals surface area contributed by atoms with Crippen LogP contribution in [-0.4, -0.2) is 92.3 Å². The molecule has 290 valence electrons. The summed E-state index contributed by atoms with van der Waals surface area (Å²) in [6, 6.07) is 11.9. The van der Waals surface area contributed by atoms with Crippen LogP contribution in [-0.2, 0) is 43.2 Å². The van der Waals surface area contributed by atoms with Gasteiger partial charge in [0.25, 0.3) is 0 Å². The Bertz CT molecular complexity index is 1640. The number of likely N-dealkylation sites (tertiary alicyclic amines) is 1. The second-order valence-corrected chi connectivity index (χ2v) is 16.1. The minimum atomic E-state index is -1.44. The average molecular weight is 738 g/mol. The molecule has 13 nitrogen and oxygen atoms in total. The number of hydrogen-bond acceptors (Lipinski definition) is 8. The van der Waals surface area contributed by atoms with E-state index >= 15 is 0 Å². The number of nitrogens with one attached hydrogen (secondary N) is 1. The first-order valence-electron chi connectivity index (χ1n) is 18.6. The molecule has 3 amide bonds. The van der Waals surface area contributed by atoms with E-state index in [4.69, 9.17) is 9.47 Å². The molecule has 2 aromatic rings. The van der Waals surface area contributed by atoms with Crippen LogP contribution >= 0.6 is 0 Å². The molecule has 1 fully saturated rings. The van der Waals surface area contributed by atoms with Crippen LogP contribution in [0.3, 0.4) is 0 Å². The molecule has 0 bridgehead atoms. The number of nitroso groups, excluding NO2 is 1. The number of unbranched alkanes of at least 4 members (excludes halogenated alkanes) is 1. The molecule has 3 atom stereocenters. The highest BCUT2D eigenvalue weighted by Crippen LogP contribution is 2.46. The maximum absolute atomic E-state index is 14.4. The molecular weight excluding hydrogens is 680 g/mol. The topological polar surface area (TPSA) is 166 Å². The first-order chi connectivity index (χ1) is 24.9. The summed E-state index contributed by atoms with van der Waals surface area (Å²) in [4.78, 5) is 69.6. The van der Waals surface area contributed by atoms with Gasteiger partial charge in [-0.25, -0.2) is 14.4 Å². The normalized spacial score (nSPS) is 18.5. The van der Waals surface area contributed by atoms with E-state index in [0.29, 0.717) is 32.2 Å². The molecule has 1 saturated heterocycles. The van der Waals surface area contributed by atoms with Gasteiger partial charge in [0.2, 0.25) is 17.0 Å². The van der Waals surface area contributed by atoms with Gasteiger partial charge in [0.05, 0.1) is 12.6 Å². The summed E-state index contributed by atoms with van der Waals surface area (Å²) in [6.07, 6.45) is 0.837. The molecule has 2 aliphatic heterocycles. The first kappa shape index (κ1) is 41.2. The van der Waals surface area contributed by atoms with Crippen molar-refractivity contribution in [3.05, 3.63) is 75.7 Å². The maximum Gasteiger partial charge on any atom is 0.411 e. The van der Waals surface area contributed by atoms with Gasteiger partial charge in [-0.3, -0.25) is 9.69 Å². The molecule has 3 N–H and O–H groups in total. The number of alkyl carbamates (subject to hydrolysis) is 1. The molecule has 2 heterocycles. The van der Waals surface area contributed by atoms with E-state index < -0.39 is 58.9 Å². The summed E-state index contributed by atoms with van der Waals surface area (Å²) in [5.74, 6) is -1.74. The zero-order valence-corrected chi connectivity index (χ0v) is 32.2. The fraction of sp³-hybridized carbons (Fsp3) is 0.600. The van der Waals surface area contributed by atoms with Crippen LogP contribution in [0.2, 0.25) is 0 Å². The number of aliphatic hydroxyl groups is 1. The number of ether oxygens (including phenoxy) is 2. The van der Waals surface area contributed by atoms with E-state index in [1.807, 2.05) is 76.2 Å². The van der Waals surface area contributed by atoms with Crippen molar-refractivity contribution in [3.8, 4) is 0 Å². The largest absolute Gasteiger partial charge is 0.480 e. The van der Waals surface area contributed by atoms with Gasteiger partial charge in [0.1, 0.15) is 24.3 Å². The second-order valence-electron chi connectivity index (χ2n) is 16.1. The van der Waals surface area contributed by atoms with Crippen molar-refractivity contribution in [1.82, 2.24) is 15.1 Å². The monoisotopic (exact) mass is 737 g/mol. The van der Waals surface area contributed by atoms with Crippen LogP contribution < -0.4 is 5.32 Å². The summed E-state index contributed by atoms with van der Waals surface area (Å²) in [5.41, 5.74) is 0.891. The van der Waals surface area contributed by atoms with Gasteiger partial charge < -0.3 is 29.9 Å². The van der Waals surface area contributed by atoms with E-state index in [0.717, 1.165) is 31.9 Å². The number of nitrogens with zero attached hydrogens (tertiary/aromatic N) is 3. The Labute approximate surface area is 312 Å². The number of amides is 3. The molecule has 0 aromatic heterocycles. The number of hydrogen-bond donors (Lipinski definition) is 3. The van der Waals surface area contributed by atoms with Crippen molar-refractivity contribution in [3.63, 3.8) is 0 Å². The van der Waals surface area contributed by atoms with Crippen molar-refractivity contribution < 1.29 is 43.6 Å². The lowest BCUT2D eigenvalue weighted by molar-refractivity contribution is -0.685. The lowest BCUT2D eigenvalue weighted by Crippen LogP contribution is -2.58. The highest BCUT2D eigenvalue weighted by Gasteiger charge is 2.58. The number of aliphatic hydroxyl groups excluding tert-OH is 1. The number of carboxylic acid groups (broad SMARTS) is 1. The van der Waals surface area contributed by atoms with Crippen molar-refractivity contribution in [1.29, 1.82) is 0 Å². The van der Waals surface area contributed by atoms with Crippen molar-refractivity contribution >= 4 is 24.1 Å². The van der Waals surface area contributed by atoms with Crippen LogP contribution in [0.15, 0.2) is 48.5 Å². The first-order valence-corrected chi connectivity index (χ1v) is 18.6. The number of aliphatic carboxylic acids is 1. The van der Waals surface area contributed by atoms with E-state index in [2.05, 4.69) is 5.32 Å². The standard InChI is InChI=1S/C40H56N4O9/c1-38(2,3)53-37(50)43(33(35(47)48)21-19-27-18-20-30-31(24-27)40(6,7)44(51)39(30,4)5)32(34(46)42-23-13-16-29(42)25-45)17-11-12-22-41-36(49)52-26-28-14-9-8-10-15-28/h8-10,14-15,18,20,24,29,32-33,45H,11-13,16-17,19,21-23,25-26H2,1-7H3,(H-,41,47,48,49)/p+1/t29-,32-,33-/m0/s1. The summed E-state index contributed by atoms with van der Waals surface area (Å²) in [7, 11) is 0. The molecule has 0 aliphatic carbocycles. The third-order valence-corrected chi connectivity index (χ3v) is 10.2. The summed E-state index contributed by atoms with van der Waals surface area (Å²) in [5, 5.41) is 23.5. The number of carbonyl (C=O) groups excluding carboxylic acids is 3. The Hall–Kier alpha value is -4.52. The van der Waals surface area contributed by atoms with E-state index in [9.17, 15) is 34.3 Å². The number of aryl methyl sites for hydroxylation is 1. The maximum atomic E-state index is 14.4. The van der Waals surface area contributed by atoms with Gasteiger partial charge in [-0.1, -0.05) is 42.5 Å². The lowest BCUT2D eigenvalue weighted by Gasteiger charge is -2.39. The number of fused-ring (bicyclic) bond motifs is 1. The molecule has 0 radical (unpaired) electrons. The molecule has 0 unspecified atom stereocenters. The van der Waals surface area contributed by atoms with Gasteiger partial charge in [0, 0.05) is 61.6 Å². The van der Waals surface area contributed by atoms with E-state index in [1.165, 1.54) is 0 Å². The highest BCUT2D eigenvalue weighted by molar-refractivity contribution is 5.89. The van der Waals surface area contributed by atoms with Crippen LogP contribution in [0.5, 0.6) is 0 Å². The highest BCUT2D eigenvalue weighted by atomic mass is 16.6. The Kier molecular flexibility index (Phi) is 13.3. The second kappa shape index (κ2) is 17.1. The minimum Gasteiger partial charge on any atom is -0.480 e. The van der Waals surface area contributed by atoms with Crippen LogP contribution in [0.4, 0.5) is 9.59 Å². The summed E-state index contributed by atoms with van der Waals surface area (Å²) in [6.45, 7) is 13.0. The van der Waals surface area contributed by atoms with Crippen LogP contribution in [0.25, 0.3) is 0 Å². The average Bonchev–Trinajstić information content (AvgIpc) is 3.63. The summed E-state index contributed by atoms with van der Waals surface area (Å²) >= 11 is 0. The fourth-order valence-electron chi connectivity index (χ4n) is 7.49. The SMILES string of the molecule is CC(C)(C)OC(=O)N([C@@H](CCc1ccc2c(c1)C(C)(C)[N+](=O)C2(C)C)C(=O)O)[C@@H](CCCCNC(=O)OCc1ccccc1)C(=O)N1CCC[C@H]1CO. The Balaban J connectivity index is 1.57. The van der Waals surface area contributed by atoms with Crippen molar-refractivity contribution in [2.45, 2.75) is 135 Å². The zero-order chi connectivity index (χ0) is 39.1. The molecule has 0 spiro atoms. The van der Waals surface area contributed by atoms with Crippen molar-refractivity contribution in [2.75, 3.05) is 19.7 Å². The van der Waals surface area contributed by atoms with E-state index in [-0.39, 0.29) is 39.0 Å². The molecular formula is C40H57N4O9+. The smallest absolute Gasteiger partial charge is 0.411 e. The molecule has 4 rings (SSSR count). The van der Waals surface area contributed by atoms with Crippen LogP contribution in [0.1, 0.15) is 109 Å². The third kappa shape index (κ3) is 9.92. The Morgan fingerprint density at radius 2 is 1.64 bits per heavy atom. The molecule has 13 heteroatoms. The van der Waals surface area contributed by atoms with Crippen molar-refractivity contribution in [2.24, 2.45) is 0 Å². The predicted octanol–water partition coefficient (Wildman–Crippen LogP) is 6.02. The van der Waals surface area contributed by atoms with E-state index in [1.54, 1.807) is 25.7 Å². The van der Waals surface area contributed by atoms with Gasteiger partial charge in [-0.15, -0.1) is 0 Å². The Morgan fingerprint density at radius 1 is 0.962 bits per heavy atom. The fourth-order valence-corrected chi connectivity index (χ4v) is 7.49. The van der Waals surface area contributed by atoms with Crippen LogP contribution in [0, 0.1) is 4.91 Å². The zero-order valence-electron chi connectivity index (χ0n) is 32.2. The molecule has 53 heavy (non-hydrogen) atoms. The third-order valence-electron chi connectivity index (χ3n) is 10.2. The number of carbonyl (C=O) groups is 4. The van der Waals surface area contributed by atoms with Gasteiger partial charge in [-0.05, 0) is 82.9 Å². The number of benzene rings is 2. The van der Waals surface area contributed by atoms with Gasteiger partial charge in [-0.2, -0.15) is 0 Å². The number of carboxylic acids is 1. The summed E-state index contributed by atoms with van der Waals surface area (Å²) < 4.78 is 12.1. The van der Waals surface area contributed by atoms with Gasteiger partial charge >= 0.3 is 18.2 Å². The molecule has 2 aromatic carbocycles.